The Labute approximate surface area is 136 Å². The van der Waals surface area contributed by atoms with E-state index < -0.39 is 23.4 Å². The first-order valence-electron chi connectivity index (χ1n) is 7.53. The van der Waals surface area contributed by atoms with Crippen molar-refractivity contribution in [2.45, 2.75) is 39.8 Å². The lowest BCUT2D eigenvalue weighted by atomic mass is 10.2. The zero-order valence-corrected chi connectivity index (χ0v) is 13.9. The van der Waals surface area contributed by atoms with Gasteiger partial charge >= 0.3 is 6.03 Å². The molecule has 0 atom stereocenters. The van der Waals surface area contributed by atoms with E-state index in [0.717, 1.165) is 12.1 Å². The number of halogens is 2. The van der Waals surface area contributed by atoms with Crippen LogP contribution in [0.2, 0.25) is 0 Å². The van der Waals surface area contributed by atoms with Crippen molar-refractivity contribution in [2.24, 2.45) is 0 Å². The van der Waals surface area contributed by atoms with Gasteiger partial charge in [-0.1, -0.05) is 17.9 Å². The van der Waals surface area contributed by atoms with Gasteiger partial charge in [0, 0.05) is 12.1 Å². The molecule has 0 aliphatic carbocycles. The molecule has 2 amide bonds. The monoisotopic (exact) mass is 323 g/mol. The number of nitrogens with one attached hydrogen (secondary N) is 2. The Morgan fingerprint density at radius 3 is 2.22 bits per heavy atom. The van der Waals surface area contributed by atoms with Gasteiger partial charge in [0.1, 0.15) is 17.3 Å². The first-order valence-corrected chi connectivity index (χ1v) is 7.53. The third-order valence-corrected chi connectivity index (χ3v) is 3.25. The average Bonchev–Trinajstić information content (AvgIpc) is 2.46. The maximum atomic E-state index is 13.4. The topological polar surface area (TPSA) is 44.4 Å². The zero-order chi connectivity index (χ0) is 17.4. The summed E-state index contributed by atoms with van der Waals surface area (Å²) >= 11 is 0. The number of hydrogen-bond donors (Lipinski definition) is 2. The van der Waals surface area contributed by atoms with Crippen molar-refractivity contribution >= 4 is 11.7 Å². The Kier molecular flexibility index (Phi) is 7.49. The molecule has 0 aliphatic rings. The number of para-hydroxylation sites is 1. The van der Waals surface area contributed by atoms with Crippen molar-refractivity contribution in [1.29, 1.82) is 0 Å². The van der Waals surface area contributed by atoms with E-state index in [-0.39, 0.29) is 6.54 Å². The molecule has 0 aromatic heterocycles. The Morgan fingerprint density at radius 2 is 1.70 bits per heavy atom. The van der Waals surface area contributed by atoms with Crippen LogP contribution in [-0.4, -0.2) is 36.1 Å². The van der Waals surface area contributed by atoms with Crippen LogP contribution in [0.3, 0.4) is 0 Å². The predicted molar refractivity (Wildman–Crippen MR) is 88.1 cm³/mol. The number of anilines is 1. The first-order chi connectivity index (χ1) is 10.8. The third-order valence-electron chi connectivity index (χ3n) is 3.25. The van der Waals surface area contributed by atoms with E-state index in [4.69, 9.17) is 0 Å². The largest absolute Gasteiger partial charge is 0.327 e. The maximum absolute atomic E-state index is 13.4. The normalized spacial score (nSPS) is 10.7. The van der Waals surface area contributed by atoms with Gasteiger partial charge < -0.3 is 10.6 Å². The van der Waals surface area contributed by atoms with Crippen LogP contribution in [0.15, 0.2) is 18.2 Å². The van der Waals surface area contributed by atoms with Crippen LogP contribution in [0.1, 0.15) is 27.7 Å². The zero-order valence-electron chi connectivity index (χ0n) is 13.9. The fourth-order valence-electron chi connectivity index (χ4n) is 2.07. The highest BCUT2D eigenvalue weighted by Gasteiger charge is 2.12. The third kappa shape index (κ3) is 6.25. The van der Waals surface area contributed by atoms with Crippen molar-refractivity contribution in [3.8, 4) is 11.8 Å². The standard InChI is InChI=1S/C17H23F2N3O/c1-12(2)22(13(3)4)11-6-5-10-20-17(23)21-16-14(18)8-7-9-15(16)19/h7-9,12-13H,10-11H2,1-4H3,(H2,20,21,23). The first kappa shape index (κ1) is 18.9. The molecule has 0 saturated carbocycles. The minimum Gasteiger partial charge on any atom is -0.327 e. The Bertz CT molecular complexity index is 563. The van der Waals surface area contributed by atoms with Crippen LogP contribution >= 0.6 is 0 Å². The molecule has 2 N–H and O–H groups in total. The highest BCUT2D eigenvalue weighted by Crippen LogP contribution is 2.17. The molecule has 0 radical (unpaired) electrons. The summed E-state index contributed by atoms with van der Waals surface area (Å²) in [5.74, 6) is 4.15. The molecular weight excluding hydrogens is 300 g/mol. The molecule has 0 aliphatic heterocycles. The second-order valence-corrected chi connectivity index (χ2v) is 5.62. The molecular formula is C17H23F2N3O. The Balaban J connectivity index is 2.45. The molecule has 1 aromatic rings. The van der Waals surface area contributed by atoms with Crippen molar-refractivity contribution in [3.63, 3.8) is 0 Å². The lowest BCUT2D eigenvalue weighted by Gasteiger charge is -2.28. The van der Waals surface area contributed by atoms with E-state index in [1.165, 1.54) is 6.07 Å². The molecule has 1 aromatic carbocycles. The van der Waals surface area contributed by atoms with Gasteiger partial charge in [0.2, 0.25) is 0 Å². The summed E-state index contributed by atoms with van der Waals surface area (Å²) in [4.78, 5) is 13.8. The smallest absolute Gasteiger partial charge is 0.320 e. The number of rotatable bonds is 5. The van der Waals surface area contributed by atoms with Gasteiger partial charge in [-0.25, -0.2) is 13.6 Å². The minimum absolute atomic E-state index is 0.103. The van der Waals surface area contributed by atoms with E-state index in [1.807, 2.05) is 0 Å². The van der Waals surface area contributed by atoms with E-state index >= 15 is 0 Å². The minimum atomic E-state index is -0.823. The quantitative estimate of drug-likeness (QED) is 0.817. The SMILES string of the molecule is CC(C)N(CC#CCNC(=O)Nc1c(F)cccc1F)C(C)C. The van der Waals surface area contributed by atoms with E-state index in [1.54, 1.807) is 0 Å². The van der Waals surface area contributed by atoms with Crippen molar-refractivity contribution in [1.82, 2.24) is 10.2 Å². The molecule has 0 unspecified atom stereocenters. The van der Waals surface area contributed by atoms with Crippen molar-refractivity contribution < 1.29 is 13.6 Å². The Hall–Kier alpha value is -2.13. The summed E-state index contributed by atoms with van der Waals surface area (Å²) in [5.41, 5.74) is -0.469. The fourth-order valence-corrected chi connectivity index (χ4v) is 2.07. The number of urea groups is 1. The van der Waals surface area contributed by atoms with E-state index in [0.29, 0.717) is 18.6 Å². The van der Waals surface area contributed by atoms with Crippen LogP contribution in [-0.2, 0) is 0 Å². The summed E-state index contributed by atoms with van der Waals surface area (Å²) in [6.07, 6.45) is 0. The van der Waals surface area contributed by atoms with E-state index in [2.05, 4.69) is 55.1 Å². The molecule has 0 bridgehead atoms. The average molecular weight is 323 g/mol. The van der Waals surface area contributed by atoms with Gasteiger partial charge in [-0.2, -0.15) is 0 Å². The van der Waals surface area contributed by atoms with Gasteiger partial charge in [-0.3, -0.25) is 4.90 Å². The van der Waals surface area contributed by atoms with Gasteiger partial charge in [0.05, 0.1) is 13.1 Å². The highest BCUT2D eigenvalue weighted by molar-refractivity contribution is 5.89. The number of hydrogen-bond acceptors (Lipinski definition) is 2. The molecule has 4 nitrogen and oxygen atoms in total. The second kappa shape index (κ2) is 9.11. The van der Waals surface area contributed by atoms with Crippen LogP contribution in [0, 0.1) is 23.5 Å². The van der Waals surface area contributed by atoms with E-state index in [9.17, 15) is 13.6 Å². The highest BCUT2D eigenvalue weighted by atomic mass is 19.1. The molecule has 0 saturated heterocycles. The molecule has 126 valence electrons. The molecule has 23 heavy (non-hydrogen) atoms. The number of amides is 2. The van der Waals surface area contributed by atoms with Crippen LogP contribution < -0.4 is 10.6 Å². The van der Waals surface area contributed by atoms with Crippen LogP contribution in [0.5, 0.6) is 0 Å². The number of carbonyl (C=O) groups excluding carboxylic acids is 1. The fraction of sp³-hybridized carbons (Fsp3) is 0.471. The molecule has 0 spiro atoms. The number of benzene rings is 1. The summed E-state index contributed by atoms with van der Waals surface area (Å²) in [5, 5.41) is 4.58. The summed E-state index contributed by atoms with van der Waals surface area (Å²) in [6, 6.07) is 3.44. The summed E-state index contributed by atoms with van der Waals surface area (Å²) in [7, 11) is 0. The number of carbonyl (C=O) groups is 1. The van der Waals surface area contributed by atoms with Gasteiger partial charge in [-0.05, 0) is 39.8 Å². The molecule has 0 heterocycles. The van der Waals surface area contributed by atoms with Gasteiger partial charge in [-0.15, -0.1) is 0 Å². The summed E-state index contributed by atoms with van der Waals surface area (Å²) in [6.45, 7) is 9.08. The van der Waals surface area contributed by atoms with Crippen molar-refractivity contribution in [2.75, 3.05) is 18.4 Å². The van der Waals surface area contributed by atoms with Crippen molar-refractivity contribution in [3.05, 3.63) is 29.8 Å². The Morgan fingerprint density at radius 1 is 1.13 bits per heavy atom. The van der Waals surface area contributed by atoms with Gasteiger partial charge in [0.25, 0.3) is 0 Å². The number of nitrogens with zero attached hydrogens (tertiary/aromatic N) is 1. The lowest BCUT2D eigenvalue weighted by molar-refractivity contribution is 0.200. The predicted octanol–water partition coefficient (Wildman–Crippen LogP) is 3.21. The summed E-state index contributed by atoms with van der Waals surface area (Å²) < 4.78 is 26.8. The van der Waals surface area contributed by atoms with Crippen LogP contribution in [0.25, 0.3) is 0 Å². The maximum Gasteiger partial charge on any atom is 0.320 e. The molecule has 1 rings (SSSR count). The van der Waals surface area contributed by atoms with Gasteiger partial charge in [0.15, 0.2) is 0 Å². The second-order valence-electron chi connectivity index (χ2n) is 5.62. The molecule has 6 heteroatoms. The molecule has 0 fully saturated rings. The lowest BCUT2D eigenvalue weighted by Crippen LogP contribution is -2.37. The van der Waals surface area contributed by atoms with Crippen LogP contribution in [0.4, 0.5) is 19.3 Å².